The standard InChI is InChI=1S/C36H29BrN4O6/c1-23-10-11-24(2)40(23)28-12-14-29(15-13-28)45-22-30-16-17-34(47-30)36(42)39-38-20-25-18-32(37)35(33(19-25)41(43)44)46-21-27-8-5-7-26-6-3-4-9-31(26)27/h3-20H,21-22H2,1-2H3,(H,39,42)/b38-20+. The molecule has 6 rings (SSSR count). The van der Waals surface area contributed by atoms with Gasteiger partial charge < -0.3 is 18.5 Å². The van der Waals surface area contributed by atoms with Crippen LogP contribution < -0.4 is 14.9 Å². The zero-order chi connectivity index (χ0) is 32.9. The van der Waals surface area contributed by atoms with Gasteiger partial charge in [-0.2, -0.15) is 5.10 Å². The lowest BCUT2D eigenvalue weighted by Crippen LogP contribution is -2.16. The minimum atomic E-state index is -0.585. The molecule has 0 aliphatic rings. The second-order valence-electron chi connectivity index (χ2n) is 10.7. The summed E-state index contributed by atoms with van der Waals surface area (Å²) in [5.74, 6) is 0.667. The highest BCUT2D eigenvalue weighted by Gasteiger charge is 2.21. The molecule has 236 valence electrons. The Bertz CT molecular complexity index is 2090. The van der Waals surface area contributed by atoms with Gasteiger partial charge in [0.25, 0.3) is 0 Å². The Balaban J connectivity index is 1.06. The fourth-order valence-corrected chi connectivity index (χ4v) is 5.82. The molecule has 10 nitrogen and oxygen atoms in total. The predicted molar refractivity (Wildman–Crippen MR) is 182 cm³/mol. The SMILES string of the molecule is Cc1ccc(C)n1-c1ccc(OCc2ccc(C(=O)N/N=C/c3cc(Br)c(OCc4cccc5ccccc45)c([N+](=O)[O-])c3)o2)cc1. The number of fused-ring (bicyclic) bond motifs is 1. The van der Waals surface area contributed by atoms with Crippen LogP contribution in [0.4, 0.5) is 5.69 Å². The zero-order valence-corrected chi connectivity index (χ0v) is 27.1. The lowest BCUT2D eigenvalue weighted by Gasteiger charge is -2.11. The number of hydrogen-bond acceptors (Lipinski definition) is 7. The Morgan fingerprint density at radius 2 is 1.68 bits per heavy atom. The summed E-state index contributed by atoms with van der Waals surface area (Å²) in [6.45, 7) is 4.38. The molecule has 0 bridgehead atoms. The van der Waals surface area contributed by atoms with E-state index in [9.17, 15) is 14.9 Å². The van der Waals surface area contributed by atoms with Gasteiger partial charge in [0.15, 0.2) is 5.76 Å². The van der Waals surface area contributed by atoms with E-state index in [0.717, 1.165) is 33.4 Å². The molecule has 0 radical (unpaired) electrons. The maximum atomic E-state index is 12.6. The first-order valence-corrected chi connectivity index (χ1v) is 15.4. The van der Waals surface area contributed by atoms with Gasteiger partial charge >= 0.3 is 11.6 Å². The van der Waals surface area contributed by atoms with Crippen molar-refractivity contribution in [3.63, 3.8) is 0 Å². The number of ether oxygens (including phenoxy) is 2. The Labute approximate surface area is 278 Å². The first kappa shape index (κ1) is 31.3. The summed E-state index contributed by atoms with van der Waals surface area (Å²) >= 11 is 3.39. The lowest BCUT2D eigenvalue weighted by atomic mass is 10.1. The summed E-state index contributed by atoms with van der Waals surface area (Å²) in [4.78, 5) is 24.0. The normalized spacial score (nSPS) is 11.2. The molecule has 0 unspecified atom stereocenters. The van der Waals surface area contributed by atoms with Gasteiger partial charge in [0.2, 0.25) is 5.75 Å². The van der Waals surface area contributed by atoms with E-state index in [1.807, 2.05) is 66.7 Å². The highest BCUT2D eigenvalue weighted by Crippen LogP contribution is 2.37. The third-order valence-corrected chi connectivity index (χ3v) is 8.10. The molecular formula is C36H29BrN4O6. The topological polar surface area (TPSA) is 121 Å². The Hall–Kier alpha value is -5.68. The van der Waals surface area contributed by atoms with Gasteiger partial charge in [-0.3, -0.25) is 14.9 Å². The minimum Gasteiger partial charge on any atom is -0.486 e. The van der Waals surface area contributed by atoms with Crippen molar-refractivity contribution in [3.8, 4) is 17.2 Å². The van der Waals surface area contributed by atoms with E-state index in [4.69, 9.17) is 13.9 Å². The van der Waals surface area contributed by atoms with Crippen LogP contribution in [0.5, 0.6) is 11.5 Å². The third-order valence-electron chi connectivity index (χ3n) is 7.51. The van der Waals surface area contributed by atoms with Gasteiger partial charge in [0.05, 0.1) is 15.6 Å². The number of aromatic nitrogens is 1. The molecule has 0 aliphatic heterocycles. The van der Waals surface area contributed by atoms with E-state index in [0.29, 0.717) is 21.5 Å². The number of amides is 1. The number of furan rings is 1. The van der Waals surface area contributed by atoms with Crippen molar-refractivity contribution in [2.24, 2.45) is 5.10 Å². The first-order chi connectivity index (χ1) is 22.8. The molecule has 4 aromatic carbocycles. The molecule has 1 N–H and O–H groups in total. The van der Waals surface area contributed by atoms with Gasteiger partial charge in [-0.25, -0.2) is 5.43 Å². The fraction of sp³-hybridized carbons (Fsp3) is 0.111. The fourth-order valence-electron chi connectivity index (χ4n) is 5.24. The second kappa shape index (κ2) is 13.8. The first-order valence-electron chi connectivity index (χ1n) is 14.6. The van der Waals surface area contributed by atoms with E-state index in [1.54, 1.807) is 12.1 Å². The maximum Gasteiger partial charge on any atom is 0.312 e. The highest BCUT2D eigenvalue weighted by molar-refractivity contribution is 9.10. The summed E-state index contributed by atoms with van der Waals surface area (Å²) in [6.07, 6.45) is 1.30. The largest absolute Gasteiger partial charge is 0.486 e. The number of nitro groups is 1. The van der Waals surface area contributed by atoms with Crippen LogP contribution in [0.25, 0.3) is 16.5 Å². The van der Waals surface area contributed by atoms with Crippen LogP contribution in [0.2, 0.25) is 0 Å². The molecule has 0 saturated carbocycles. The summed E-state index contributed by atoms with van der Waals surface area (Å²) in [5, 5.41) is 17.9. The average Bonchev–Trinajstić information content (AvgIpc) is 3.69. The average molecular weight is 694 g/mol. The molecule has 6 aromatic rings. The molecule has 11 heteroatoms. The van der Waals surface area contributed by atoms with Crippen molar-refractivity contribution >= 4 is 44.5 Å². The number of rotatable bonds is 11. The van der Waals surface area contributed by atoms with E-state index in [2.05, 4.69) is 57.0 Å². The van der Waals surface area contributed by atoms with E-state index in [-0.39, 0.29) is 30.4 Å². The van der Waals surface area contributed by atoms with Crippen molar-refractivity contribution in [2.45, 2.75) is 27.1 Å². The van der Waals surface area contributed by atoms with Gasteiger partial charge in [0.1, 0.15) is 24.7 Å². The number of nitrogens with one attached hydrogen (secondary N) is 1. The van der Waals surface area contributed by atoms with Crippen LogP contribution in [-0.4, -0.2) is 21.6 Å². The lowest BCUT2D eigenvalue weighted by molar-refractivity contribution is -0.386. The number of halogens is 1. The van der Waals surface area contributed by atoms with Crippen LogP contribution in [0.15, 0.2) is 117 Å². The predicted octanol–water partition coefficient (Wildman–Crippen LogP) is 8.43. The number of benzene rings is 4. The van der Waals surface area contributed by atoms with Crippen molar-refractivity contribution in [2.75, 3.05) is 0 Å². The number of nitro benzene ring substituents is 1. The van der Waals surface area contributed by atoms with E-state index in [1.165, 1.54) is 18.3 Å². The number of hydrazone groups is 1. The number of carbonyl (C=O) groups is 1. The number of nitrogens with zero attached hydrogens (tertiary/aromatic N) is 3. The number of aryl methyl sites for hydroxylation is 2. The summed E-state index contributed by atoms with van der Waals surface area (Å²) < 4.78 is 19.9. The quantitative estimate of drug-likeness (QED) is 0.0826. The van der Waals surface area contributed by atoms with Gasteiger partial charge in [0, 0.05) is 28.7 Å². The molecule has 1 amide bonds. The summed E-state index contributed by atoms with van der Waals surface area (Å²) in [5.41, 5.74) is 6.75. The highest BCUT2D eigenvalue weighted by atomic mass is 79.9. The van der Waals surface area contributed by atoms with Crippen molar-refractivity contribution in [3.05, 3.63) is 152 Å². The molecule has 0 saturated heterocycles. The van der Waals surface area contributed by atoms with Crippen LogP contribution in [-0.2, 0) is 13.2 Å². The van der Waals surface area contributed by atoms with Gasteiger partial charge in [-0.15, -0.1) is 0 Å². The molecule has 0 aliphatic carbocycles. The van der Waals surface area contributed by atoms with Gasteiger partial charge in [-0.05, 0) is 101 Å². The summed E-state index contributed by atoms with van der Waals surface area (Å²) in [7, 11) is 0. The van der Waals surface area contributed by atoms with E-state index < -0.39 is 10.8 Å². The Morgan fingerprint density at radius 3 is 2.45 bits per heavy atom. The monoisotopic (exact) mass is 692 g/mol. The number of carbonyl (C=O) groups excluding carboxylic acids is 1. The molecule has 0 spiro atoms. The maximum absolute atomic E-state index is 12.6. The van der Waals surface area contributed by atoms with E-state index >= 15 is 0 Å². The Morgan fingerprint density at radius 1 is 0.936 bits per heavy atom. The second-order valence-corrected chi connectivity index (χ2v) is 11.6. The summed E-state index contributed by atoms with van der Waals surface area (Å²) in [6, 6.07) is 31.7. The van der Waals surface area contributed by atoms with Gasteiger partial charge in [-0.1, -0.05) is 42.5 Å². The smallest absolute Gasteiger partial charge is 0.312 e. The molecular weight excluding hydrogens is 664 g/mol. The van der Waals surface area contributed by atoms with Crippen LogP contribution in [0.3, 0.4) is 0 Å². The van der Waals surface area contributed by atoms with Crippen molar-refractivity contribution in [1.29, 1.82) is 0 Å². The minimum absolute atomic E-state index is 0.0407. The van der Waals surface area contributed by atoms with Crippen LogP contribution >= 0.6 is 15.9 Å². The Kier molecular flexibility index (Phi) is 9.16. The number of hydrogen-bond donors (Lipinski definition) is 1. The van der Waals surface area contributed by atoms with Crippen molar-refractivity contribution in [1.82, 2.24) is 9.99 Å². The van der Waals surface area contributed by atoms with Crippen LogP contribution in [0, 0.1) is 24.0 Å². The molecule has 0 fully saturated rings. The third kappa shape index (κ3) is 7.10. The molecule has 0 atom stereocenters. The molecule has 2 aromatic heterocycles. The molecule has 47 heavy (non-hydrogen) atoms. The van der Waals surface area contributed by atoms with Crippen molar-refractivity contribution < 1.29 is 23.6 Å². The zero-order valence-electron chi connectivity index (χ0n) is 25.5. The van der Waals surface area contributed by atoms with Crippen LogP contribution in [0.1, 0.15) is 38.8 Å². The molecule has 2 heterocycles.